The summed E-state index contributed by atoms with van der Waals surface area (Å²) in [7, 11) is 0. The molecule has 0 saturated heterocycles. The number of phenols is 1. The molecule has 1 aliphatic rings. The highest BCUT2D eigenvalue weighted by Gasteiger charge is 2.19. The lowest BCUT2D eigenvalue weighted by Crippen LogP contribution is -2.17. The van der Waals surface area contributed by atoms with E-state index in [1.165, 1.54) is 0 Å². The van der Waals surface area contributed by atoms with E-state index in [1.54, 1.807) is 18.3 Å². The SMILES string of the molecule is O=C(NN=CC1CC1)c1ccc2ccccc2c1O. The van der Waals surface area contributed by atoms with Gasteiger partial charge in [0.1, 0.15) is 5.75 Å². The van der Waals surface area contributed by atoms with Crippen LogP contribution in [0.15, 0.2) is 41.5 Å². The minimum absolute atomic E-state index is 0.00257. The van der Waals surface area contributed by atoms with Gasteiger partial charge in [0.15, 0.2) is 0 Å². The van der Waals surface area contributed by atoms with Gasteiger partial charge in [0.05, 0.1) is 5.56 Å². The van der Waals surface area contributed by atoms with E-state index >= 15 is 0 Å². The van der Waals surface area contributed by atoms with Gasteiger partial charge >= 0.3 is 0 Å². The third kappa shape index (κ3) is 2.42. The first kappa shape index (κ1) is 11.7. The van der Waals surface area contributed by atoms with Crippen molar-refractivity contribution in [1.82, 2.24) is 5.43 Å². The van der Waals surface area contributed by atoms with Gasteiger partial charge in [-0.05, 0) is 30.2 Å². The van der Waals surface area contributed by atoms with Crippen LogP contribution in [-0.4, -0.2) is 17.2 Å². The molecule has 2 N–H and O–H groups in total. The summed E-state index contributed by atoms with van der Waals surface area (Å²) in [6.45, 7) is 0. The second kappa shape index (κ2) is 4.72. The summed E-state index contributed by atoms with van der Waals surface area (Å²) in [6.07, 6.45) is 4.02. The van der Waals surface area contributed by atoms with Gasteiger partial charge in [-0.1, -0.05) is 30.3 Å². The molecule has 19 heavy (non-hydrogen) atoms. The van der Waals surface area contributed by atoms with Crippen molar-refractivity contribution in [3.05, 3.63) is 42.0 Å². The van der Waals surface area contributed by atoms with E-state index in [9.17, 15) is 9.90 Å². The van der Waals surface area contributed by atoms with Gasteiger partial charge in [-0.15, -0.1) is 0 Å². The Balaban J connectivity index is 1.86. The topological polar surface area (TPSA) is 61.7 Å². The van der Waals surface area contributed by atoms with Gasteiger partial charge in [-0.3, -0.25) is 4.79 Å². The molecule has 0 spiro atoms. The first-order valence-electron chi connectivity index (χ1n) is 6.30. The molecule has 1 aliphatic carbocycles. The predicted octanol–water partition coefficient (Wildman–Crippen LogP) is 2.67. The molecule has 0 radical (unpaired) electrons. The standard InChI is InChI=1S/C15H14N2O2/c18-14-12-4-2-1-3-11(12)7-8-13(14)15(19)17-16-9-10-5-6-10/h1-4,7-10,18H,5-6H2,(H,17,19). The average molecular weight is 254 g/mol. The second-order valence-electron chi connectivity index (χ2n) is 4.74. The van der Waals surface area contributed by atoms with E-state index in [0.29, 0.717) is 11.3 Å². The molecule has 0 unspecified atom stereocenters. The lowest BCUT2D eigenvalue weighted by atomic mass is 10.1. The second-order valence-corrected chi connectivity index (χ2v) is 4.74. The number of rotatable bonds is 3. The number of nitrogens with zero attached hydrogens (tertiary/aromatic N) is 1. The molecular formula is C15H14N2O2. The number of carbonyl (C=O) groups is 1. The maximum Gasteiger partial charge on any atom is 0.275 e. The van der Waals surface area contributed by atoms with Gasteiger partial charge < -0.3 is 5.11 Å². The zero-order chi connectivity index (χ0) is 13.2. The molecule has 3 rings (SSSR count). The lowest BCUT2D eigenvalue weighted by Gasteiger charge is -2.06. The molecular weight excluding hydrogens is 240 g/mol. The average Bonchev–Trinajstić information content (AvgIpc) is 3.23. The molecule has 0 heterocycles. The van der Waals surface area contributed by atoms with Gasteiger partial charge in [0, 0.05) is 11.6 Å². The Bertz CT molecular complexity index is 660. The summed E-state index contributed by atoms with van der Waals surface area (Å²) in [5, 5.41) is 15.6. The van der Waals surface area contributed by atoms with Crippen LogP contribution in [0.1, 0.15) is 23.2 Å². The Morgan fingerprint density at radius 1 is 1.26 bits per heavy atom. The molecule has 1 amide bonds. The van der Waals surface area contributed by atoms with Crippen molar-refractivity contribution >= 4 is 22.9 Å². The van der Waals surface area contributed by atoms with Crippen molar-refractivity contribution in [2.24, 2.45) is 11.0 Å². The molecule has 2 aromatic rings. The number of hydrogen-bond donors (Lipinski definition) is 2. The molecule has 0 bridgehead atoms. The number of hydrazone groups is 1. The molecule has 0 atom stereocenters. The Hall–Kier alpha value is -2.36. The molecule has 2 aromatic carbocycles. The van der Waals surface area contributed by atoms with E-state index in [1.807, 2.05) is 24.3 Å². The fourth-order valence-electron chi connectivity index (χ4n) is 1.95. The predicted molar refractivity (Wildman–Crippen MR) is 74.3 cm³/mol. The Kier molecular flexibility index (Phi) is 2.91. The number of carbonyl (C=O) groups excluding carboxylic acids is 1. The van der Waals surface area contributed by atoms with Crippen LogP contribution >= 0.6 is 0 Å². The molecule has 4 nitrogen and oxygen atoms in total. The summed E-state index contributed by atoms with van der Waals surface area (Å²) in [6, 6.07) is 10.8. The quantitative estimate of drug-likeness (QED) is 0.653. The summed E-state index contributed by atoms with van der Waals surface area (Å²) >= 11 is 0. The third-order valence-electron chi connectivity index (χ3n) is 3.22. The van der Waals surface area contributed by atoms with Crippen LogP contribution in [0.4, 0.5) is 0 Å². The fraction of sp³-hybridized carbons (Fsp3) is 0.200. The Morgan fingerprint density at radius 2 is 2.05 bits per heavy atom. The zero-order valence-electron chi connectivity index (χ0n) is 10.3. The molecule has 1 fully saturated rings. The number of aromatic hydroxyl groups is 1. The smallest absolute Gasteiger partial charge is 0.275 e. The van der Waals surface area contributed by atoms with Crippen LogP contribution in [0.5, 0.6) is 5.75 Å². The van der Waals surface area contributed by atoms with Gasteiger partial charge in [0.2, 0.25) is 0 Å². The Labute approximate surface area is 110 Å². The van der Waals surface area contributed by atoms with Crippen LogP contribution in [0, 0.1) is 5.92 Å². The number of hydrogen-bond acceptors (Lipinski definition) is 3. The highest BCUT2D eigenvalue weighted by molar-refractivity contribution is 6.03. The van der Waals surface area contributed by atoms with Crippen LogP contribution < -0.4 is 5.43 Å². The van der Waals surface area contributed by atoms with Crippen molar-refractivity contribution < 1.29 is 9.90 Å². The third-order valence-corrected chi connectivity index (χ3v) is 3.22. The molecule has 1 saturated carbocycles. The van der Waals surface area contributed by atoms with Gasteiger partial charge in [0.25, 0.3) is 5.91 Å². The monoisotopic (exact) mass is 254 g/mol. The number of nitrogens with one attached hydrogen (secondary N) is 1. The zero-order valence-corrected chi connectivity index (χ0v) is 10.3. The maximum absolute atomic E-state index is 11.9. The molecule has 0 aromatic heterocycles. The Morgan fingerprint density at radius 3 is 2.84 bits per heavy atom. The van der Waals surface area contributed by atoms with Gasteiger partial charge in [-0.2, -0.15) is 5.10 Å². The van der Waals surface area contributed by atoms with E-state index in [2.05, 4.69) is 10.5 Å². The highest BCUT2D eigenvalue weighted by Crippen LogP contribution is 2.28. The first-order chi connectivity index (χ1) is 9.25. The number of amides is 1. The van der Waals surface area contributed by atoms with Crippen molar-refractivity contribution in [3.8, 4) is 5.75 Å². The van der Waals surface area contributed by atoms with E-state index < -0.39 is 0 Å². The van der Waals surface area contributed by atoms with E-state index in [-0.39, 0.29) is 17.2 Å². The molecule has 0 aliphatic heterocycles. The maximum atomic E-state index is 11.9. The normalized spacial score (nSPS) is 14.9. The minimum Gasteiger partial charge on any atom is -0.506 e. The minimum atomic E-state index is -0.389. The van der Waals surface area contributed by atoms with Gasteiger partial charge in [-0.25, -0.2) is 5.43 Å². The summed E-state index contributed by atoms with van der Waals surface area (Å²) in [4.78, 5) is 11.9. The van der Waals surface area contributed by atoms with E-state index in [0.717, 1.165) is 18.2 Å². The molecule has 4 heteroatoms. The number of fused-ring (bicyclic) bond motifs is 1. The number of phenolic OH excluding ortho intramolecular Hbond substituents is 1. The van der Waals surface area contributed by atoms with Crippen molar-refractivity contribution in [2.75, 3.05) is 0 Å². The van der Waals surface area contributed by atoms with Crippen LogP contribution in [0.2, 0.25) is 0 Å². The highest BCUT2D eigenvalue weighted by atomic mass is 16.3. The van der Waals surface area contributed by atoms with E-state index in [4.69, 9.17) is 0 Å². The van der Waals surface area contributed by atoms with Crippen LogP contribution in [0.3, 0.4) is 0 Å². The summed E-state index contributed by atoms with van der Waals surface area (Å²) in [5.41, 5.74) is 2.69. The first-order valence-corrected chi connectivity index (χ1v) is 6.30. The summed E-state index contributed by atoms with van der Waals surface area (Å²) < 4.78 is 0. The number of benzene rings is 2. The summed E-state index contributed by atoms with van der Waals surface area (Å²) in [5.74, 6) is 0.114. The lowest BCUT2D eigenvalue weighted by molar-refractivity contribution is 0.0952. The fourth-order valence-corrected chi connectivity index (χ4v) is 1.95. The van der Waals surface area contributed by atoms with Crippen molar-refractivity contribution in [2.45, 2.75) is 12.8 Å². The van der Waals surface area contributed by atoms with Crippen molar-refractivity contribution in [1.29, 1.82) is 0 Å². The largest absolute Gasteiger partial charge is 0.506 e. The van der Waals surface area contributed by atoms with Crippen LogP contribution in [-0.2, 0) is 0 Å². The van der Waals surface area contributed by atoms with Crippen LogP contribution in [0.25, 0.3) is 10.8 Å². The van der Waals surface area contributed by atoms with Crippen molar-refractivity contribution in [3.63, 3.8) is 0 Å². The molecule has 96 valence electrons.